The second-order valence-corrected chi connectivity index (χ2v) is 11.6. The number of unbranched alkanes of at least 4 members (excludes halogenated alkanes) is 3. The summed E-state index contributed by atoms with van der Waals surface area (Å²) in [5.41, 5.74) is 1.38. The largest absolute Gasteiger partial charge is 0.494 e. The third kappa shape index (κ3) is 9.70. The quantitative estimate of drug-likeness (QED) is 0.0250. The Morgan fingerprint density at radius 1 is 0.627 bits per heavy atom. The van der Waals surface area contributed by atoms with Crippen LogP contribution in [0.3, 0.4) is 0 Å². The Balaban J connectivity index is 1.15. The molecule has 5 aromatic rings. The zero-order valence-electron chi connectivity index (χ0n) is 28.4. The topological polar surface area (TPSA) is 114 Å². The van der Waals surface area contributed by atoms with E-state index in [0.717, 1.165) is 59.6 Å². The highest BCUT2D eigenvalue weighted by Gasteiger charge is 2.16. The molecule has 5 aromatic carbocycles. The first-order valence-corrected chi connectivity index (χ1v) is 16.7. The van der Waals surface area contributed by atoms with Crippen LogP contribution in [-0.4, -0.2) is 30.5 Å². The van der Waals surface area contributed by atoms with Crippen LogP contribution in [0.1, 0.15) is 65.3 Å². The van der Waals surface area contributed by atoms with Crippen molar-refractivity contribution < 1.29 is 42.9 Å². The molecule has 0 aliphatic heterocycles. The maximum Gasteiger partial charge on any atom is 0.343 e. The molecule has 0 heterocycles. The summed E-state index contributed by atoms with van der Waals surface area (Å²) in [4.78, 5) is 49.1. The van der Waals surface area contributed by atoms with Gasteiger partial charge in [0.2, 0.25) is 0 Å². The van der Waals surface area contributed by atoms with Crippen molar-refractivity contribution in [3.8, 4) is 23.0 Å². The van der Waals surface area contributed by atoms with Crippen LogP contribution in [0, 0.1) is 0 Å². The molecule has 0 saturated carbocycles. The molecular weight excluding hydrogens is 648 g/mol. The first kappa shape index (κ1) is 36.1. The van der Waals surface area contributed by atoms with Crippen molar-refractivity contribution in [2.75, 3.05) is 6.61 Å². The van der Waals surface area contributed by atoms with Gasteiger partial charge >= 0.3 is 23.9 Å². The molecule has 51 heavy (non-hydrogen) atoms. The van der Waals surface area contributed by atoms with Crippen molar-refractivity contribution >= 4 is 45.4 Å². The van der Waals surface area contributed by atoms with Crippen molar-refractivity contribution in [2.45, 2.75) is 45.4 Å². The summed E-state index contributed by atoms with van der Waals surface area (Å²) < 4.78 is 27.1. The number of fused-ring (bicyclic) bond motifs is 3. The van der Waals surface area contributed by atoms with E-state index in [0.29, 0.717) is 59.1 Å². The molecule has 0 spiro atoms. The van der Waals surface area contributed by atoms with Gasteiger partial charge in [-0.05, 0) is 113 Å². The summed E-state index contributed by atoms with van der Waals surface area (Å²) in [6, 6.07) is 26.1. The van der Waals surface area contributed by atoms with Gasteiger partial charge in [-0.2, -0.15) is 0 Å². The van der Waals surface area contributed by atoms with Gasteiger partial charge in [-0.15, -0.1) is 0 Å². The number of carbonyl (C=O) groups excluding carboxylic acids is 4. The van der Waals surface area contributed by atoms with E-state index in [1.54, 1.807) is 66.7 Å². The molecule has 0 amide bonds. The summed E-state index contributed by atoms with van der Waals surface area (Å²) in [6.07, 6.45) is 6.57. The van der Waals surface area contributed by atoms with E-state index in [9.17, 15) is 19.2 Å². The lowest BCUT2D eigenvalue weighted by Crippen LogP contribution is -2.12. The SMILES string of the molecule is C=COC(=O)CCCCCCOc1ccc(OC(=O)c2ccc(OC(=O)c3ccc4c(ccc5cc(OC(=O)C=C)ccc54)c3)c(CC)c2)cc1. The Morgan fingerprint density at radius 2 is 1.25 bits per heavy atom. The maximum atomic E-state index is 13.2. The highest BCUT2D eigenvalue weighted by Crippen LogP contribution is 2.30. The lowest BCUT2D eigenvalue weighted by molar-refractivity contribution is -0.138. The lowest BCUT2D eigenvalue weighted by atomic mass is 10.00. The number of rotatable bonds is 16. The standard InChI is InChI=1S/C42H38O9/c1-4-28-25-32(41(45)50-34-18-16-33(17-19-34)48-24-10-8-7-9-11-40(44)47-6-3)15-23-38(28)51-42(46)31-14-21-36-29(26-31)12-13-30-27-35(20-22-37(30)36)49-39(43)5-2/h5-6,12-23,25-27H,2-4,7-11,24H2,1H3. The molecule has 0 bridgehead atoms. The molecule has 0 N–H and O–H groups in total. The van der Waals surface area contributed by atoms with Crippen LogP contribution in [0.4, 0.5) is 0 Å². The van der Waals surface area contributed by atoms with Gasteiger partial charge < -0.3 is 23.7 Å². The van der Waals surface area contributed by atoms with Crippen molar-refractivity contribution in [3.63, 3.8) is 0 Å². The van der Waals surface area contributed by atoms with Crippen molar-refractivity contribution in [3.05, 3.63) is 133 Å². The van der Waals surface area contributed by atoms with Crippen LogP contribution in [0.15, 0.2) is 116 Å². The minimum Gasteiger partial charge on any atom is -0.494 e. The van der Waals surface area contributed by atoms with E-state index < -0.39 is 17.9 Å². The van der Waals surface area contributed by atoms with E-state index in [4.69, 9.17) is 23.7 Å². The Kier molecular flexibility index (Phi) is 12.3. The summed E-state index contributed by atoms with van der Waals surface area (Å²) in [5.74, 6) is -0.0689. The molecule has 5 rings (SSSR count). The summed E-state index contributed by atoms with van der Waals surface area (Å²) >= 11 is 0. The monoisotopic (exact) mass is 686 g/mol. The Morgan fingerprint density at radius 3 is 1.98 bits per heavy atom. The van der Waals surface area contributed by atoms with Crippen LogP contribution in [0.2, 0.25) is 0 Å². The summed E-state index contributed by atoms with van der Waals surface area (Å²) in [7, 11) is 0. The fourth-order valence-electron chi connectivity index (χ4n) is 5.48. The summed E-state index contributed by atoms with van der Waals surface area (Å²) in [5, 5.41) is 3.60. The third-order valence-corrected chi connectivity index (χ3v) is 8.10. The average molecular weight is 687 g/mol. The van der Waals surface area contributed by atoms with Gasteiger partial charge in [-0.25, -0.2) is 14.4 Å². The van der Waals surface area contributed by atoms with Gasteiger partial charge in [0.1, 0.15) is 23.0 Å². The van der Waals surface area contributed by atoms with E-state index in [1.807, 2.05) is 31.2 Å². The minimum absolute atomic E-state index is 0.271. The number of hydrogen-bond acceptors (Lipinski definition) is 9. The van der Waals surface area contributed by atoms with Crippen LogP contribution in [0.5, 0.6) is 23.0 Å². The lowest BCUT2D eigenvalue weighted by Gasteiger charge is -2.12. The zero-order valence-corrected chi connectivity index (χ0v) is 28.4. The minimum atomic E-state index is -0.541. The Labute approximate surface area is 296 Å². The molecule has 0 aromatic heterocycles. The maximum absolute atomic E-state index is 13.2. The number of esters is 4. The van der Waals surface area contributed by atoms with Crippen LogP contribution in [0.25, 0.3) is 21.5 Å². The van der Waals surface area contributed by atoms with Gasteiger partial charge in [0.25, 0.3) is 0 Å². The molecule has 9 heteroatoms. The second kappa shape index (κ2) is 17.4. The molecule has 9 nitrogen and oxygen atoms in total. The smallest absolute Gasteiger partial charge is 0.343 e. The second-order valence-electron chi connectivity index (χ2n) is 11.6. The van der Waals surface area contributed by atoms with Crippen molar-refractivity contribution in [1.29, 1.82) is 0 Å². The molecule has 0 atom stereocenters. The first-order chi connectivity index (χ1) is 24.8. The first-order valence-electron chi connectivity index (χ1n) is 16.7. The molecule has 260 valence electrons. The van der Waals surface area contributed by atoms with Crippen LogP contribution in [-0.2, 0) is 20.7 Å². The van der Waals surface area contributed by atoms with E-state index in [1.165, 1.54) is 0 Å². The number of benzene rings is 5. The fourth-order valence-corrected chi connectivity index (χ4v) is 5.48. The molecule has 0 saturated heterocycles. The summed E-state index contributed by atoms with van der Waals surface area (Å²) in [6.45, 7) is 9.23. The van der Waals surface area contributed by atoms with Crippen molar-refractivity contribution in [1.82, 2.24) is 0 Å². The van der Waals surface area contributed by atoms with Gasteiger partial charge in [0, 0.05) is 12.5 Å². The van der Waals surface area contributed by atoms with Gasteiger partial charge in [0.15, 0.2) is 0 Å². The molecule has 0 unspecified atom stereocenters. The Bertz CT molecular complexity index is 2080. The molecule has 0 radical (unpaired) electrons. The number of hydrogen-bond donors (Lipinski definition) is 0. The Hall–Kier alpha value is -6.22. The fraction of sp³-hybridized carbons (Fsp3) is 0.190. The molecular formula is C42H38O9. The molecule has 0 fully saturated rings. The third-order valence-electron chi connectivity index (χ3n) is 8.10. The highest BCUT2D eigenvalue weighted by atomic mass is 16.5. The van der Waals surface area contributed by atoms with Gasteiger partial charge in [0.05, 0.1) is 24.0 Å². The van der Waals surface area contributed by atoms with Crippen LogP contribution >= 0.6 is 0 Å². The highest BCUT2D eigenvalue weighted by molar-refractivity contribution is 6.09. The molecule has 0 aliphatic carbocycles. The zero-order chi connectivity index (χ0) is 36.2. The number of aryl methyl sites for hydroxylation is 1. The number of ether oxygens (including phenoxy) is 5. The van der Waals surface area contributed by atoms with E-state index >= 15 is 0 Å². The van der Waals surface area contributed by atoms with Crippen LogP contribution < -0.4 is 18.9 Å². The van der Waals surface area contributed by atoms with E-state index in [2.05, 4.69) is 13.2 Å². The van der Waals surface area contributed by atoms with Crippen molar-refractivity contribution in [2.24, 2.45) is 0 Å². The number of carbonyl (C=O) groups is 4. The van der Waals surface area contributed by atoms with Gasteiger partial charge in [-0.1, -0.05) is 57.2 Å². The molecule has 0 aliphatic rings. The average Bonchev–Trinajstić information content (AvgIpc) is 3.14. The normalized spacial score (nSPS) is 10.7. The van der Waals surface area contributed by atoms with E-state index in [-0.39, 0.29) is 5.97 Å². The predicted octanol–water partition coefficient (Wildman–Crippen LogP) is 9.10. The van der Waals surface area contributed by atoms with Gasteiger partial charge in [-0.3, -0.25) is 4.79 Å². The predicted molar refractivity (Wildman–Crippen MR) is 194 cm³/mol.